The molecule has 0 bridgehead atoms. The summed E-state index contributed by atoms with van der Waals surface area (Å²) in [5.74, 6) is 1.92. The van der Waals surface area contributed by atoms with Crippen molar-refractivity contribution in [1.29, 1.82) is 0 Å². The van der Waals surface area contributed by atoms with Gasteiger partial charge in [-0.25, -0.2) is 0 Å². The summed E-state index contributed by atoms with van der Waals surface area (Å²) in [4.78, 5) is 10.3. The van der Waals surface area contributed by atoms with E-state index in [1.165, 1.54) is 0 Å². The number of carboxylic acid groups (broad SMARTS) is 1. The van der Waals surface area contributed by atoms with Crippen molar-refractivity contribution in [2.24, 2.45) is 0 Å². The first-order valence-electron chi connectivity index (χ1n) is 8.02. The minimum absolute atomic E-state index is 0.253. The zero-order valence-corrected chi connectivity index (χ0v) is 13.4. The molecule has 120 valence electrons. The lowest BCUT2D eigenvalue weighted by atomic mass is 10.2. The van der Waals surface area contributed by atoms with Crippen LogP contribution in [-0.2, 0) is 4.79 Å². The minimum atomic E-state index is -0.720. The molecular formula is C20H28O2. The van der Waals surface area contributed by atoms with E-state index in [0.717, 1.165) is 44.9 Å². The van der Waals surface area contributed by atoms with Gasteiger partial charge in [-0.15, -0.1) is 12.3 Å². The topological polar surface area (TPSA) is 37.3 Å². The summed E-state index contributed by atoms with van der Waals surface area (Å²) < 4.78 is 0. The van der Waals surface area contributed by atoms with Crippen molar-refractivity contribution in [2.45, 2.75) is 57.8 Å². The zero-order valence-electron chi connectivity index (χ0n) is 13.4. The summed E-state index contributed by atoms with van der Waals surface area (Å²) in [6.07, 6.45) is 30.0. The minimum Gasteiger partial charge on any atom is -0.481 e. The van der Waals surface area contributed by atoms with Crippen LogP contribution in [0.15, 0.2) is 48.6 Å². The molecule has 0 aromatic heterocycles. The van der Waals surface area contributed by atoms with E-state index < -0.39 is 5.97 Å². The highest BCUT2D eigenvalue weighted by Gasteiger charge is 1.92. The van der Waals surface area contributed by atoms with Crippen LogP contribution in [0.3, 0.4) is 0 Å². The van der Waals surface area contributed by atoms with E-state index in [4.69, 9.17) is 11.5 Å². The van der Waals surface area contributed by atoms with E-state index in [1.54, 1.807) is 0 Å². The Morgan fingerprint density at radius 2 is 1.27 bits per heavy atom. The Labute approximate surface area is 135 Å². The SMILES string of the molecule is C#CCCC/C=C\C/C=C\C/C=C\C/C=C\CCCC(=O)O. The molecule has 0 atom stereocenters. The molecule has 0 aliphatic carbocycles. The first kappa shape index (κ1) is 20.0. The molecule has 2 nitrogen and oxygen atoms in total. The van der Waals surface area contributed by atoms with Gasteiger partial charge in [-0.3, -0.25) is 4.79 Å². The summed E-state index contributed by atoms with van der Waals surface area (Å²) >= 11 is 0. The highest BCUT2D eigenvalue weighted by Crippen LogP contribution is 1.99. The monoisotopic (exact) mass is 300 g/mol. The molecule has 0 heterocycles. The number of rotatable bonds is 13. The summed E-state index contributed by atoms with van der Waals surface area (Å²) in [6, 6.07) is 0. The van der Waals surface area contributed by atoms with Crippen molar-refractivity contribution < 1.29 is 9.90 Å². The van der Waals surface area contributed by atoms with Crippen molar-refractivity contribution in [3.05, 3.63) is 48.6 Å². The second kappa shape index (κ2) is 17.0. The smallest absolute Gasteiger partial charge is 0.303 e. The summed E-state index contributed by atoms with van der Waals surface area (Å²) in [5.41, 5.74) is 0. The van der Waals surface area contributed by atoms with Gasteiger partial charge in [-0.2, -0.15) is 0 Å². The Hall–Kier alpha value is -2.01. The van der Waals surface area contributed by atoms with Gasteiger partial charge in [0, 0.05) is 12.8 Å². The molecule has 0 aliphatic rings. The molecule has 0 amide bonds. The van der Waals surface area contributed by atoms with Crippen LogP contribution in [0, 0.1) is 12.3 Å². The fraction of sp³-hybridized carbons (Fsp3) is 0.450. The third kappa shape index (κ3) is 18.0. The molecule has 0 rings (SSSR count). The average molecular weight is 300 g/mol. The molecule has 0 aromatic carbocycles. The van der Waals surface area contributed by atoms with Gasteiger partial charge < -0.3 is 5.11 Å². The summed E-state index contributed by atoms with van der Waals surface area (Å²) in [6.45, 7) is 0. The Morgan fingerprint density at radius 3 is 1.73 bits per heavy atom. The van der Waals surface area contributed by atoms with Gasteiger partial charge in [-0.1, -0.05) is 48.6 Å². The molecule has 0 saturated heterocycles. The van der Waals surface area contributed by atoms with Crippen molar-refractivity contribution in [2.75, 3.05) is 0 Å². The van der Waals surface area contributed by atoms with Crippen molar-refractivity contribution in [3.63, 3.8) is 0 Å². The standard InChI is InChI=1S/C20H28O2/c1-2-3-4-5-6-7-8-9-10-11-12-13-14-15-16-17-18-19-20(21)22/h1,6-7,9-10,12-13,15-16H,3-5,8,11,14,17-19H2,(H,21,22)/b7-6-,10-9-,13-12-,16-15-. The lowest BCUT2D eigenvalue weighted by molar-refractivity contribution is -0.137. The number of allylic oxidation sites excluding steroid dienone is 8. The van der Waals surface area contributed by atoms with Gasteiger partial charge in [-0.05, 0) is 44.9 Å². The second-order valence-corrected chi connectivity index (χ2v) is 4.98. The fourth-order valence-electron chi connectivity index (χ4n) is 1.74. The van der Waals surface area contributed by atoms with Crippen LogP contribution in [0.4, 0.5) is 0 Å². The van der Waals surface area contributed by atoms with Crippen molar-refractivity contribution in [3.8, 4) is 12.3 Å². The quantitative estimate of drug-likeness (QED) is 0.279. The lowest BCUT2D eigenvalue weighted by Crippen LogP contribution is -1.92. The van der Waals surface area contributed by atoms with Crippen LogP contribution in [0.25, 0.3) is 0 Å². The van der Waals surface area contributed by atoms with Gasteiger partial charge in [0.2, 0.25) is 0 Å². The largest absolute Gasteiger partial charge is 0.481 e. The molecule has 0 aliphatic heterocycles. The molecule has 2 heteroatoms. The number of hydrogen-bond acceptors (Lipinski definition) is 1. The molecule has 0 unspecified atom stereocenters. The Bertz CT molecular complexity index is 419. The van der Waals surface area contributed by atoms with Gasteiger partial charge >= 0.3 is 5.97 Å². The molecule has 0 saturated carbocycles. The Morgan fingerprint density at radius 1 is 0.818 bits per heavy atom. The maximum atomic E-state index is 10.3. The molecule has 0 radical (unpaired) electrons. The van der Waals surface area contributed by atoms with E-state index >= 15 is 0 Å². The summed E-state index contributed by atoms with van der Waals surface area (Å²) in [7, 11) is 0. The fourth-order valence-corrected chi connectivity index (χ4v) is 1.74. The van der Waals surface area contributed by atoms with Gasteiger partial charge in [0.15, 0.2) is 0 Å². The van der Waals surface area contributed by atoms with Crippen LogP contribution in [0.1, 0.15) is 57.8 Å². The van der Waals surface area contributed by atoms with Gasteiger partial charge in [0.25, 0.3) is 0 Å². The van der Waals surface area contributed by atoms with Crippen molar-refractivity contribution in [1.82, 2.24) is 0 Å². The molecular weight excluding hydrogens is 272 g/mol. The first-order valence-corrected chi connectivity index (χ1v) is 8.02. The second-order valence-electron chi connectivity index (χ2n) is 4.98. The van der Waals surface area contributed by atoms with E-state index in [-0.39, 0.29) is 6.42 Å². The highest BCUT2D eigenvalue weighted by atomic mass is 16.4. The van der Waals surface area contributed by atoms with Gasteiger partial charge in [0.05, 0.1) is 0 Å². The number of unbranched alkanes of at least 4 members (excludes halogenated alkanes) is 3. The van der Waals surface area contributed by atoms with E-state index in [9.17, 15) is 4.79 Å². The molecule has 0 fully saturated rings. The third-order valence-electron chi connectivity index (χ3n) is 2.94. The van der Waals surface area contributed by atoms with E-state index in [0.29, 0.717) is 6.42 Å². The average Bonchev–Trinajstić information content (AvgIpc) is 2.50. The highest BCUT2D eigenvalue weighted by molar-refractivity contribution is 5.66. The predicted molar refractivity (Wildman–Crippen MR) is 94.6 cm³/mol. The van der Waals surface area contributed by atoms with Crippen LogP contribution in [0.5, 0.6) is 0 Å². The third-order valence-corrected chi connectivity index (χ3v) is 2.94. The van der Waals surface area contributed by atoms with Crippen LogP contribution in [-0.4, -0.2) is 11.1 Å². The molecule has 0 aromatic rings. The van der Waals surface area contributed by atoms with E-state index in [2.05, 4.69) is 48.5 Å². The number of carboxylic acids is 1. The maximum absolute atomic E-state index is 10.3. The Kier molecular flexibility index (Phi) is 15.5. The zero-order chi connectivity index (χ0) is 16.3. The first-order chi connectivity index (χ1) is 10.8. The molecule has 0 spiro atoms. The van der Waals surface area contributed by atoms with Crippen LogP contribution in [0.2, 0.25) is 0 Å². The van der Waals surface area contributed by atoms with Crippen molar-refractivity contribution >= 4 is 5.97 Å². The lowest BCUT2D eigenvalue weighted by Gasteiger charge is -1.90. The Balaban J connectivity index is 3.42. The van der Waals surface area contributed by atoms with Crippen LogP contribution < -0.4 is 0 Å². The normalized spacial score (nSPS) is 12.0. The predicted octanol–water partition coefficient (Wildman–Crippen LogP) is 5.44. The number of hydrogen-bond donors (Lipinski definition) is 1. The number of terminal acetylenes is 1. The number of aliphatic carboxylic acids is 1. The molecule has 22 heavy (non-hydrogen) atoms. The maximum Gasteiger partial charge on any atom is 0.303 e. The van der Waals surface area contributed by atoms with Crippen LogP contribution >= 0.6 is 0 Å². The van der Waals surface area contributed by atoms with Gasteiger partial charge in [0.1, 0.15) is 0 Å². The molecule has 1 N–H and O–H groups in total. The van der Waals surface area contributed by atoms with E-state index in [1.807, 2.05) is 6.08 Å². The summed E-state index contributed by atoms with van der Waals surface area (Å²) in [5, 5.41) is 8.49. The number of carbonyl (C=O) groups is 1.